The van der Waals surface area contributed by atoms with Crippen LogP contribution < -0.4 is 16.6 Å². The molecule has 1 aliphatic rings. The van der Waals surface area contributed by atoms with Crippen molar-refractivity contribution in [2.24, 2.45) is 5.84 Å². The van der Waals surface area contributed by atoms with E-state index in [1.54, 1.807) is 12.1 Å². The first-order valence-electron chi connectivity index (χ1n) is 6.53. The van der Waals surface area contributed by atoms with Crippen molar-refractivity contribution in [2.75, 3.05) is 25.6 Å². The van der Waals surface area contributed by atoms with Gasteiger partial charge < -0.3 is 15.6 Å². The molecule has 104 valence electrons. The molecule has 1 aliphatic heterocycles. The summed E-state index contributed by atoms with van der Waals surface area (Å²) < 4.78 is 0. The average molecular weight is 263 g/mol. The van der Waals surface area contributed by atoms with Crippen LogP contribution in [0, 0.1) is 6.92 Å². The normalized spacial score (nSPS) is 17.2. The number of nitrogens with zero attached hydrogens (tertiary/aromatic N) is 2. The number of anilines is 1. The second-order valence-corrected chi connectivity index (χ2v) is 5.08. The molecule has 0 saturated carbocycles. The number of hydrogen-bond acceptors (Lipinski definition) is 5. The van der Waals surface area contributed by atoms with Crippen LogP contribution in [0.25, 0.3) is 0 Å². The molecule has 19 heavy (non-hydrogen) atoms. The molecule has 1 fully saturated rings. The van der Waals surface area contributed by atoms with Gasteiger partial charge in [-0.05, 0) is 52.0 Å². The van der Waals surface area contributed by atoms with Crippen LogP contribution in [0.3, 0.4) is 0 Å². The summed E-state index contributed by atoms with van der Waals surface area (Å²) in [6.07, 6.45) is 1.99. The zero-order valence-electron chi connectivity index (χ0n) is 11.4. The minimum absolute atomic E-state index is 0.0587. The van der Waals surface area contributed by atoms with Gasteiger partial charge >= 0.3 is 0 Å². The van der Waals surface area contributed by atoms with E-state index in [9.17, 15) is 4.79 Å². The molecule has 1 aromatic rings. The summed E-state index contributed by atoms with van der Waals surface area (Å²) >= 11 is 0. The highest BCUT2D eigenvalue weighted by Crippen LogP contribution is 2.12. The number of likely N-dealkylation sites (tertiary alicyclic amines) is 1. The molecular formula is C13H21N5O. The van der Waals surface area contributed by atoms with Crippen molar-refractivity contribution in [3.63, 3.8) is 0 Å². The molecule has 0 bridgehead atoms. The predicted molar refractivity (Wildman–Crippen MR) is 74.8 cm³/mol. The van der Waals surface area contributed by atoms with Crippen molar-refractivity contribution >= 4 is 11.7 Å². The number of nitrogens with one attached hydrogen (secondary N) is 2. The van der Waals surface area contributed by atoms with Crippen molar-refractivity contribution in [3.8, 4) is 0 Å². The standard InChI is InChI=1S/C13H21N5O/c1-9-7-10(8-12(15-9)17-14)13(19)16-11-3-5-18(2)6-4-11/h7-8,11H,3-6,14H2,1-2H3,(H,15,17)(H,16,19). The Morgan fingerprint density at radius 3 is 2.74 bits per heavy atom. The van der Waals surface area contributed by atoms with Gasteiger partial charge in [-0.3, -0.25) is 4.79 Å². The number of rotatable bonds is 3. The maximum atomic E-state index is 12.2. The van der Waals surface area contributed by atoms with Crippen LogP contribution in [0.2, 0.25) is 0 Å². The number of hydrazine groups is 1. The van der Waals surface area contributed by atoms with Crippen molar-refractivity contribution < 1.29 is 4.79 Å². The lowest BCUT2D eigenvalue weighted by Gasteiger charge is -2.29. The van der Waals surface area contributed by atoms with Crippen LogP contribution in [0.1, 0.15) is 28.9 Å². The van der Waals surface area contributed by atoms with Gasteiger partial charge in [-0.2, -0.15) is 0 Å². The first-order chi connectivity index (χ1) is 9.08. The Labute approximate surface area is 113 Å². The van der Waals surface area contributed by atoms with Crippen molar-refractivity contribution in [2.45, 2.75) is 25.8 Å². The largest absolute Gasteiger partial charge is 0.349 e. The van der Waals surface area contributed by atoms with Gasteiger partial charge in [0, 0.05) is 17.3 Å². The van der Waals surface area contributed by atoms with Crippen molar-refractivity contribution in [1.29, 1.82) is 0 Å². The summed E-state index contributed by atoms with van der Waals surface area (Å²) in [6.45, 7) is 3.89. The van der Waals surface area contributed by atoms with E-state index in [0.29, 0.717) is 11.4 Å². The maximum Gasteiger partial charge on any atom is 0.251 e. The van der Waals surface area contributed by atoms with E-state index in [-0.39, 0.29) is 11.9 Å². The Bertz CT molecular complexity index is 454. The summed E-state index contributed by atoms with van der Waals surface area (Å²) in [7, 11) is 2.10. The van der Waals surface area contributed by atoms with Gasteiger partial charge in [0.2, 0.25) is 0 Å². The summed E-state index contributed by atoms with van der Waals surface area (Å²) in [5.74, 6) is 5.79. The Morgan fingerprint density at radius 1 is 1.42 bits per heavy atom. The van der Waals surface area contributed by atoms with Gasteiger partial charge in [0.1, 0.15) is 5.82 Å². The van der Waals surface area contributed by atoms with Gasteiger partial charge in [-0.15, -0.1) is 0 Å². The molecule has 2 heterocycles. The molecule has 2 rings (SSSR count). The van der Waals surface area contributed by atoms with Gasteiger partial charge in [0.15, 0.2) is 0 Å². The topological polar surface area (TPSA) is 83.3 Å². The van der Waals surface area contributed by atoms with Gasteiger partial charge in [-0.1, -0.05) is 0 Å². The van der Waals surface area contributed by atoms with Crippen LogP contribution in [0.5, 0.6) is 0 Å². The van der Waals surface area contributed by atoms with Crippen molar-refractivity contribution in [3.05, 3.63) is 23.4 Å². The quantitative estimate of drug-likeness (QED) is 0.546. The van der Waals surface area contributed by atoms with Crippen LogP contribution in [0.4, 0.5) is 5.82 Å². The zero-order valence-corrected chi connectivity index (χ0v) is 11.4. The molecular weight excluding hydrogens is 242 g/mol. The molecule has 0 aliphatic carbocycles. The second-order valence-electron chi connectivity index (χ2n) is 5.08. The SMILES string of the molecule is Cc1cc(C(=O)NC2CCN(C)CC2)cc(NN)n1. The third kappa shape index (κ3) is 3.65. The number of hydrogen-bond donors (Lipinski definition) is 3. The summed E-state index contributed by atoms with van der Waals surface area (Å²) in [4.78, 5) is 18.6. The number of aromatic nitrogens is 1. The minimum Gasteiger partial charge on any atom is -0.349 e. The molecule has 6 heteroatoms. The van der Waals surface area contributed by atoms with Crippen LogP contribution >= 0.6 is 0 Å². The number of nitrogens with two attached hydrogens (primary N) is 1. The third-order valence-electron chi connectivity index (χ3n) is 3.42. The highest BCUT2D eigenvalue weighted by molar-refractivity contribution is 5.95. The molecule has 0 spiro atoms. The van der Waals surface area contributed by atoms with E-state index in [4.69, 9.17) is 5.84 Å². The van der Waals surface area contributed by atoms with Gasteiger partial charge in [0.05, 0.1) is 0 Å². The first-order valence-corrected chi connectivity index (χ1v) is 6.53. The number of amides is 1. The molecule has 4 N–H and O–H groups in total. The fraction of sp³-hybridized carbons (Fsp3) is 0.538. The monoisotopic (exact) mass is 263 g/mol. The zero-order chi connectivity index (χ0) is 13.8. The Hall–Kier alpha value is -1.66. The Morgan fingerprint density at radius 2 is 2.11 bits per heavy atom. The molecule has 1 aromatic heterocycles. The lowest BCUT2D eigenvalue weighted by atomic mass is 10.0. The molecule has 1 saturated heterocycles. The number of nitrogen functional groups attached to an aromatic ring is 1. The molecule has 0 unspecified atom stereocenters. The molecule has 0 aromatic carbocycles. The first kappa shape index (κ1) is 13.8. The van der Waals surface area contributed by atoms with E-state index in [1.807, 2.05) is 6.92 Å². The number of carbonyl (C=O) groups excluding carboxylic acids is 1. The predicted octanol–water partition coefficient (Wildman–Crippen LogP) is 0.500. The maximum absolute atomic E-state index is 12.2. The Kier molecular flexibility index (Phi) is 4.34. The summed E-state index contributed by atoms with van der Waals surface area (Å²) in [6, 6.07) is 3.69. The summed E-state index contributed by atoms with van der Waals surface area (Å²) in [5, 5.41) is 3.07. The fourth-order valence-corrected chi connectivity index (χ4v) is 2.30. The average Bonchev–Trinajstić information content (AvgIpc) is 2.40. The minimum atomic E-state index is -0.0587. The van der Waals surface area contributed by atoms with Gasteiger partial charge in [0.25, 0.3) is 5.91 Å². The van der Waals surface area contributed by atoms with Crippen molar-refractivity contribution in [1.82, 2.24) is 15.2 Å². The van der Waals surface area contributed by atoms with E-state index < -0.39 is 0 Å². The van der Waals surface area contributed by atoms with E-state index in [1.165, 1.54) is 0 Å². The van der Waals surface area contributed by atoms with Crippen LogP contribution in [-0.2, 0) is 0 Å². The van der Waals surface area contributed by atoms with E-state index in [0.717, 1.165) is 31.6 Å². The number of piperidine rings is 1. The Balaban J connectivity index is 2.01. The van der Waals surface area contributed by atoms with Crippen LogP contribution in [0.15, 0.2) is 12.1 Å². The van der Waals surface area contributed by atoms with Gasteiger partial charge in [-0.25, -0.2) is 10.8 Å². The van der Waals surface area contributed by atoms with E-state index >= 15 is 0 Å². The highest BCUT2D eigenvalue weighted by Gasteiger charge is 2.19. The molecule has 1 amide bonds. The third-order valence-corrected chi connectivity index (χ3v) is 3.42. The lowest BCUT2D eigenvalue weighted by molar-refractivity contribution is 0.0916. The second kappa shape index (κ2) is 5.99. The summed E-state index contributed by atoms with van der Waals surface area (Å²) in [5.41, 5.74) is 3.84. The van der Waals surface area contributed by atoms with Crippen LogP contribution in [-0.4, -0.2) is 42.0 Å². The smallest absolute Gasteiger partial charge is 0.251 e. The molecule has 6 nitrogen and oxygen atoms in total. The lowest BCUT2D eigenvalue weighted by Crippen LogP contribution is -2.43. The highest BCUT2D eigenvalue weighted by atomic mass is 16.1. The van der Waals surface area contributed by atoms with E-state index in [2.05, 4.69) is 27.7 Å². The molecule has 0 radical (unpaired) electrons. The molecule has 0 atom stereocenters. The fourth-order valence-electron chi connectivity index (χ4n) is 2.30. The number of pyridine rings is 1. The number of aryl methyl sites for hydroxylation is 1. The number of carbonyl (C=O) groups is 1.